The maximum atomic E-state index is 6.51. The summed E-state index contributed by atoms with van der Waals surface area (Å²) in [7, 11) is 0. The smallest absolute Gasteiger partial charge is 0.184 e. The zero-order valence-electron chi connectivity index (χ0n) is 18.9. The molecule has 32 heavy (non-hydrogen) atoms. The first-order valence-electron chi connectivity index (χ1n) is 11.7. The highest BCUT2D eigenvalue weighted by atomic mass is 16.7. The molecule has 2 aromatic rings. The van der Waals surface area contributed by atoms with Gasteiger partial charge in [-0.3, -0.25) is 0 Å². The molecule has 2 fully saturated rings. The molecule has 6 heteroatoms. The third kappa shape index (κ3) is 5.76. The van der Waals surface area contributed by atoms with Gasteiger partial charge in [-0.2, -0.15) is 0 Å². The second-order valence-electron chi connectivity index (χ2n) is 8.17. The number of benzene rings is 2. The molecular formula is C26H34O6. The normalized spacial score (nSPS) is 30.8. The number of ether oxygens (including phenoxy) is 6. The van der Waals surface area contributed by atoms with Crippen LogP contribution in [-0.2, 0) is 28.4 Å². The first kappa shape index (κ1) is 23.4. The first-order chi connectivity index (χ1) is 15.8. The fourth-order valence-electron chi connectivity index (χ4n) is 4.07. The molecule has 2 unspecified atom stereocenters. The van der Waals surface area contributed by atoms with Crippen molar-refractivity contribution < 1.29 is 28.4 Å². The standard InChI is InChI=1S/C26H34O6/c1-3-15-27-21-17-29-25(19-11-7-5-8-12-19)31-23(21)24-22(28-16-4-2)18-30-26(32-24)20-13-9-6-10-14-20/h5-14,21-26H,3-4,15-18H2,1-2H3/t21-,22-,23-,24-,25?,26?/m1/s1. The molecule has 0 aliphatic carbocycles. The van der Waals surface area contributed by atoms with Gasteiger partial charge in [0.05, 0.1) is 13.2 Å². The van der Waals surface area contributed by atoms with Gasteiger partial charge in [-0.05, 0) is 12.8 Å². The Morgan fingerprint density at radius 3 is 1.44 bits per heavy atom. The summed E-state index contributed by atoms with van der Waals surface area (Å²) < 4.78 is 37.4. The number of hydrogen-bond acceptors (Lipinski definition) is 6. The molecule has 2 saturated heterocycles. The molecule has 6 nitrogen and oxygen atoms in total. The maximum absolute atomic E-state index is 6.51. The van der Waals surface area contributed by atoms with Gasteiger partial charge < -0.3 is 28.4 Å². The van der Waals surface area contributed by atoms with E-state index in [1.807, 2.05) is 60.7 Å². The average Bonchev–Trinajstić information content (AvgIpc) is 2.87. The summed E-state index contributed by atoms with van der Waals surface area (Å²) >= 11 is 0. The van der Waals surface area contributed by atoms with Crippen molar-refractivity contribution in [1.29, 1.82) is 0 Å². The molecule has 0 amide bonds. The quantitative estimate of drug-likeness (QED) is 0.556. The maximum Gasteiger partial charge on any atom is 0.184 e. The lowest BCUT2D eigenvalue weighted by Gasteiger charge is -2.45. The molecule has 6 atom stereocenters. The van der Waals surface area contributed by atoms with E-state index in [-0.39, 0.29) is 24.4 Å². The van der Waals surface area contributed by atoms with Gasteiger partial charge in [0.25, 0.3) is 0 Å². The largest absolute Gasteiger partial charge is 0.373 e. The topological polar surface area (TPSA) is 55.4 Å². The highest BCUT2D eigenvalue weighted by molar-refractivity contribution is 5.18. The summed E-state index contributed by atoms with van der Waals surface area (Å²) in [5.74, 6) is 0. The fraction of sp³-hybridized carbons (Fsp3) is 0.538. The van der Waals surface area contributed by atoms with Gasteiger partial charge in [0.2, 0.25) is 0 Å². The van der Waals surface area contributed by atoms with Gasteiger partial charge in [-0.25, -0.2) is 0 Å². The zero-order valence-corrected chi connectivity index (χ0v) is 18.9. The van der Waals surface area contributed by atoms with Crippen LogP contribution in [0, 0.1) is 0 Å². The van der Waals surface area contributed by atoms with E-state index in [0.29, 0.717) is 26.4 Å². The van der Waals surface area contributed by atoms with Crippen LogP contribution in [0.4, 0.5) is 0 Å². The van der Waals surface area contributed by atoms with E-state index in [0.717, 1.165) is 24.0 Å². The summed E-state index contributed by atoms with van der Waals surface area (Å²) in [6.07, 6.45) is -0.309. The van der Waals surface area contributed by atoms with Gasteiger partial charge >= 0.3 is 0 Å². The van der Waals surface area contributed by atoms with E-state index < -0.39 is 12.6 Å². The molecule has 4 rings (SSSR count). The molecule has 174 valence electrons. The average molecular weight is 443 g/mol. The van der Waals surface area contributed by atoms with E-state index in [2.05, 4.69) is 13.8 Å². The molecule has 2 heterocycles. The minimum atomic E-state index is -0.476. The minimum absolute atomic E-state index is 0.248. The van der Waals surface area contributed by atoms with Crippen molar-refractivity contribution in [2.24, 2.45) is 0 Å². The monoisotopic (exact) mass is 442 g/mol. The summed E-state index contributed by atoms with van der Waals surface area (Å²) in [5, 5.41) is 0. The van der Waals surface area contributed by atoms with Crippen LogP contribution in [0.3, 0.4) is 0 Å². The van der Waals surface area contributed by atoms with Gasteiger partial charge in [0.1, 0.15) is 24.4 Å². The lowest BCUT2D eigenvalue weighted by Crippen LogP contribution is -2.57. The molecule has 0 bridgehead atoms. The summed E-state index contributed by atoms with van der Waals surface area (Å²) in [5.41, 5.74) is 1.95. The lowest BCUT2D eigenvalue weighted by atomic mass is 10.00. The Morgan fingerprint density at radius 1 is 0.656 bits per heavy atom. The van der Waals surface area contributed by atoms with E-state index in [1.54, 1.807) is 0 Å². The molecule has 0 radical (unpaired) electrons. The molecular weight excluding hydrogens is 408 g/mol. The Labute approximate surface area is 190 Å². The van der Waals surface area contributed by atoms with Gasteiger partial charge in [0.15, 0.2) is 12.6 Å². The van der Waals surface area contributed by atoms with Crippen LogP contribution >= 0.6 is 0 Å². The van der Waals surface area contributed by atoms with Crippen molar-refractivity contribution in [3.8, 4) is 0 Å². The Morgan fingerprint density at radius 2 is 1.06 bits per heavy atom. The SMILES string of the molecule is CCCO[C@@H]1COC(c2ccccc2)O[C@H]1[C@@H]1OC(c2ccccc2)OC[C@H]1OCCC. The van der Waals surface area contributed by atoms with Crippen molar-refractivity contribution in [3.63, 3.8) is 0 Å². The summed E-state index contributed by atoms with van der Waals surface area (Å²) in [6, 6.07) is 20.0. The van der Waals surface area contributed by atoms with Crippen LogP contribution in [0.5, 0.6) is 0 Å². The molecule has 0 saturated carbocycles. The second kappa shape index (κ2) is 11.9. The van der Waals surface area contributed by atoms with Gasteiger partial charge in [-0.15, -0.1) is 0 Å². The third-order valence-electron chi connectivity index (χ3n) is 5.66. The Hall–Kier alpha value is -1.80. The number of rotatable bonds is 9. The van der Waals surface area contributed by atoms with Crippen LogP contribution in [-0.4, -0.2) is 50.8 Å². The van der Waals surface area contributed by atoms with Crippen molar-refractivity contribution in [1.82, 2.24) is 0 Å². The van der Waals surface area contributed by atoms with Crippen LogP contribution in [0.25, 0.3) is 0 Å². The molecule has 2 aliphatic rings. The number of hydrogen-bond donors (Lipinski definition) is 0. The van der Waals surface area contributed by atoms with Crippen LogP contribution in [0.2, 0.25) is 0 Å². The highest BCUT2D eigenvalue weighted by Gasteiger charge is 2.46. The van der Waals surface area contributed by atoms with Crippen molar-refractivity contribution in [2.45, 2.75) is 63.7 Å². The van der Waals surface area contributed by atoms with Crippen molar-refractivity contribution in [2.75, 3.05) is 26.4 Å². The van der Waals surface area contributed by atoms with Crippen molar-refractivity contribution in [3.05, 3.63) is 71.8 Å². The minimum Gasteiger partial charge on any atom is -0.373 e. The zero-order chi connectivity index (χ0) is 22.2. The van der Waals surface area contributed by atoms with Crippen LogP contribution < -0.4 is 0 Å². The third-order valence-corrected chi connectivity index (χ3v) is 5.66. The first-order valence-corrected chi connectivity index (χ1v) is 11.7. The summed E-state index contributed by atoms with van der Waals surface area (Å²) in [4.78, 5) is 0. The Kier molecular flexibility index (Phi) is 8.68. The molecule has 0 N–H and O–H groups in total. The fourth-order valence-corrected chi connectivity index (χ4v) is 4.07. The van der Waals surface area contributed by atoms with E-state index >= 15 is 0 Å². The molecule has 2 aliphatic heterocycles. The van der Waals surface area contributed by atoms with Gasteiger partial charge in [0, 0.05) is 24.3 Å². The lowest BCUT2D eigenvalue weighted by molar-refractivity contribution is -0.339. The van der Waals surface area contributed by atoms with Crippen LogP contribution in [0.15, 0.2) is 60.7 Å². The van der Waals surface area contributed by atoms with Gasteiger partial charge in [-0.1, -0.05) is 74.5 Å². The Bertz CT molecular complexity index is 718. The van der Waals surface area contributed by atoms with E-state index in [1.165, 1.54) is 0 Å². The van der Waals surface area contributed by atoms with E-state index in [4.69, 9.17) is 28.4 Å². The molecule has 0 aromatic heterocycles. The molecule has 2 aromatic carbocycles. The highest BCUT2D eigenvalue weighted by Crippen LogP contribution is 2.36. The predicted octanol–water partition coefficient (Wildman–Crippen LogP) is 4.81. The van der Waals surface area contributed by atoms with E-state index in [9.17, 15) is 0 Å². The second-order valence-corrected chi connectivity index (χ2v) is 8.17. The van der Waals surface area contributed by atoms with Crippen molar-refractivity contribution >= 4 is 0 Å². The predicted molar refractivity (Wildman–Crippen MR) is 120 cm³/mol. The molecule has 0 spiro atoms. The van der Waals surface area contributed by atoms with Crippen LogP contribution in [0.1, 0.15) is 50.4 Å². The Balaban J connectivity index is 1.58. The summed E-state index contributed by atoms with van der Waals surface area (Å²) in [6.45, 7) is 6.32.